The van der Waals surface area contributed by atoms with E-state index in [2.05, 4.69) is 53.6 Å². The molecule has 2 rings (SSSR count). The highest BCUT2D eigenvalue weighted by Gasteiger charge is 2.39. The summed E-state index contributed by atoms with van der Waals surface area (Å²) < 4.78 is 5.39. The van der Waals surface area contributed by atoms with Gasteiger partial charge in [-0.15, -0.1) is 24.8 Å². The van der Waals surface area contributed by atoms with Gasteiger partial charge in [0.25, 0.3) is 0 Å². The van der Waals surface area contributed by atoms with Crippen molar-refractivity contribution in [2.75, 3.05) is 46.4 Å². The molecule has 0 aromatic heterocycles. The molecule has 1 atom stereocenters. The molecule has 1 fully saturated rings. The van der Waals surface area contributed by atoms with Crippen LogP contribution < -0.4 is 10.6 Å². The second-order valence-corrected chi connectivity index (χ2v) is 6.82. The Morgan fingerprint density at radius 1 is 1.19 bits per heavy atom. The third kappa shape index (κ3) is 6.91. The summed E-state index contributed by atoms with van der Waals surface area (Å²) in [7, 11) is 1.68. The molecule has 156 valence electrons. The maximum Gasteiger partial charge on any atom is 0.228 e. The molecule has 2 N–H and O–H groups in total. The van der Waals surface area contributed by atoms with Crippen LogP contribution in [0.25, 0.3) is 0 Å². The van der Waals surface area contributed by atoms with E-state index in [-0.39, 0.29) is 36.8 Å². The number of piperidine rings is 1. The second kappa shape index (κ2) is 13.3. The van der Waals surface area contributed by atoms with E-state index in [4.69, 9.17) is 4.74 Å². The molecule has 5 nitrogen and oxygen atoms in total. The average molecular weight is 420 g/mol. The van der Waals surface area contributed by atoms with Gasteiger partial charge in [-0.05, 0) is 44.6 Å². The van der Waals surface area contributed by atoms with Crippen molar-refractivity contribution in [1.29, 1.82) is 0 Å². The van der Waals surface area contributed by atoms with Crippen molar-refractivity contribution in [2.45, 2.75) is 32.7 Å². The number of carbonyl (C=O) groups is 1. The fourth-order valence-corrected chi connectivity index (χ4v) is 3.79. The van der Waals surface area contributed by atoms with Crippen LogP contribution in [0.15, 0.2) is 30.3 Å². The van der Waals surface area contributed by atoms with Crippen LogP contribution >= 0.6 is 24.8 Å². The van der Waals surface area contributed by atoms with E-state index < -0.39 is 5.41 Å². The van der Waals surface area contributed by atoms with E-state index >= 15 is 0 Å². The summed E-state index contributed by atoms with van der Waals surface area (Å²) in [6.45, 7) is 9.11. The molecule has 1 amide bonds. The second-order valence-electron chi connectivity index (χ2n) is 6.82. The molecular formula is C20H35Cl2N3O2. The fraction of sp³-hybridized carbons (Fsp3) is 0.650. The molecule has 1 heterocycles. The minimum absolute atomic E-state index is 0. The van der Waals surface area contributed by atoms with Crippen molar-refractivity contribution < 1.29 is 9.53 Å². The maximum absolute atomic E-state index is 13.0. The molecule has 1 saturated heterocycles. The first-order chi connectivity index (χ1) is 12.2. The fourth-order valence-electron chi connectivity index (χ4n) is 3.79. The standard InChI is InChI=1S/C20H33N3O2.2ClH/c1-4-23(5-2)18(17-9-7-6-8-10-17)15-22-19(24)20(16-25-3)11-13-21-14-12-20;;/h6-10,18,21H,4-5,11-16H2,1-3H3,(H,22,24);2*1H. The van der Waals surface area contributed by atoms with Gasteiger partial charge in [0.05, 0.1) is 18.1 Å². The Balaban J connectivity index is 0.00000338. The van der Waals surface area contributed by atoms with Crippen LogP contribution in [0.4, 0.5) is 0 Å². The van der Waals surface area contributed by atoms with Gasteiger partial charge < -0.3 is 15.4 Å². The third-order valence-electron chi connectivity index (χ3n) is 5.36. The molecule has 1 aromatic carbocycles. The van der Waals surface area contributed by atoms with Gasteiger partial charge in [-0.25, -0.2) is 0 Å². The molecule has 1 unspecified atom stereocenters. The van der Waals surface area contributed by atoms with E-state index in [9.17, 15) is 4.79 Å². The van der Waals surface area contributed by atoms with E-state index in [1.54, 1.807) is 7.11 Å². The Morgan fingerprint density at radius 2 is 1.78 bits per heavy atom. The van der Waals surface area contributed by atoms with Crippen molar-refractivity contribution in [3.05, 3.63) is 35.9 Å². The van der Waals surface area contributed by atoms with Crippen molar-refractivity contribution in [1.82, 2.24) is 15.5 Å². The van der Waals surface area contributed by atoms with E-state index in [0.29, 0.717) is 13.2 Å². The monoisotopic (exact) mass is 419 g/mol. The van der Waals surface area contributed by atoms with Crippen molar-refractivity contribution in [3.63, 3.8) is 0 Å². The number of benzene rings is 1. The SMILES string of the molecule is CCN(CC)C(CNC(=O)C1(COC)CCNCC1)c1ccccc1.Cl.Cl. The third-order valence-corrected chi connectivity index (χ3v) is 5.36. The highest BCUT2D eigenvalue weighted by atomic mass is 35.5. The Kier molecular flexibility index (Phi) is 12.9. The predicted molar refractivity (Wildman–Crippen MR) is 116 cm³/mol. The Bertz CT molecular complexity index is 516. The molecule has 1 aliphatic heterocycles. The molecule has 0 spiro atoms. The topological polar surface area (TPSA) is 53.6 Å². The van der Waals surface area contributed by atoms with Crippen molar-refractivity contribution in [2.24, 2.45) is 5.41 Å². The average Bonchev–Trinajstić information content (AvgIpc) is 2.66. The first kappa shape index (κ1) is 26.1. The normalized spacial score (nSPS) is 16.7. The van der Waals surface area contributed by atoms with E-state index in [1.807, 2.05) is 6.07 Å². The van der Waals surface area contributed by atoms with Crippen molar-refractivity contribution >= 4 is 30.7 Å². The van der Waals surface area contributed by atoms with E-state index in [1.165, 1.54) is 5.56 Å². The zero-order chi connectivity index (χ0) is 18.1. The van der Waals surface area contributed by atoms with Crippen LogP contribution in [-0.2, 0) is 9.53 Å². The molecule has 0 aliphatic carbocycles. The zero-order valence-corrected chi connectivity index (χ0v) is 18.3. The number of halogens is 2. The number of methoxy groups -OCH3 is 1. The summed E-state index contributed by atoms with van der Waals surface area (Å²) in [5, 5.41) is 6.57. The van der Waals surface area contributed by atoms with Crippen LogP contribution in [-0.4, -0.2) is 57.2 Å². The molecule has 1 aliphatic rings. The number of amides is 1. The van der Waals surface area contributed by atoms with Crippen LogP contribution in [0.1, 0.15) is 38.3 Å². The first-order valence-corrected chi connectivity index (χ1v) is 9.43. The Labute approximate surface area is 176 Å². The van der Waals surface area contributed by atoms with Crippen LogP contribution in [0.5, 0.6) is 0 Å². The first-order valence-electron chi connectivity index (χ1n) is 9.43. The summed E-state index contributed by atoms with van der Waals surface area (Å²) in [6.07, 6.45) is 1.65. The number of nitrogens with one attached hydrogen (secondary N) is 2. The number of hydrogen-bond donors (Lipinski definition) is 2. The number of ether oxygens (including phenoxy) is 1. The van der Waals surface area contributed by atoms with Crippen LogP contribution in [0.2, 0.25) is 0 Å². The highest BCUT2D eigenvalue weighted by Crippen LogP contribution is 2.30. The minimum Gasteiger partial charge on any atom is -0.384 e. The summed E-state index contributed by atoms with van der Waals surface area (Å²) in [5.41, 5.74) is 0.849. The molecule has 27 heavy (non-hydrogen) atoms. The van der Waals surface area contributed by atoms with Crippen molar-refractivity contribution in [3.8, 4) is 0 Å². The number of likely N-dealkylation sites (N-methyl/N-ethyl adjacent to an activating group) is 1. The number of hydrogen-bond acceptors (Lipinski definition) is 4. The van der Waals surface area contributed by atoms with Gasteiger partial charge in [-0.3, -0.25) is 9.69 Å². The summed E-state index contributed by atoms with van der Waals surface area (Å²) in [4.78, 5) is 15.4. The predicted octanol–water partition coefficient (Wildman–Crippen LogP) is 3.05. The van der Waals surface area contributed by atoms with Gasteiger partial charge in [0, 0.05) is 13.7 Å². The highest BCUT2D eigenvalue weighted by molar-refractivity contribution is 5.85. The van der Waals surface area contributed by atoms with Gasteiger partial charge in [-0.1, -0.05) is 44.2 Å². The smallest absolute Gasteiger partial charge is 0.228 e. The number of rotatable bonds is 9. The quantitative estimate of drug-likeness (QED) is 0.645. The molecular weight excluding hydrogens is 385 g/mol. The molecule has 0 radical (unpaired) electrons. The zero-order valence-electron chi connectivity index (χ0n) is 16.7. The molecule has 0 bridgehead atoms. The lowest BCUT2D eigenvalue weighted by Gasteiger charge is -2.37. The Morgan fingerprint density at radius 3 is 2.30 bits per heavy atom. The Hall–Kier alpha value is -0.850. The largest absolute Gasteiger partial charge is 0.384 e. The van der Waals surface area contributed by atoms with Gasteiger partial charge in [0.15, 0.2) is 0 Å². The minimum atomic E-state index is -0.398. The molecule has 0 saturated carbocycles. The summed E-state index contributed by atoms with van der Waals surface area (Å²) in [6, 6.07) is 10.6. The summed E-state index contributed by atoms with van der Waals surface area (Å²) >= 11 is 0. The number of carbonyl (C=O) groups excluding carboxylic acids is 1. The van der Waals surface area contributed by atoms with Gasteiger partial charge in [-0.2, -0.15) is 0 Å². The van der Waals surface area contributed by atoms with Gasteiger partial charge in [0.2, 0.25) is 5.91 Å². The number of nitrogens with zero attached hydrogens (tertiary/aromatic N) is 1. The van der Waals surface area contributed by atoms with Gasteiger partial charge in [0.1, 0.15) is 0 Å². The van der Waals surface area contributed by atoms with E-state index in [0.717, 1.165) is 39.0 Å². The lowest BCUT2D eigenvalue weighted by molar-refractivity contribution is -0.136. The lowest BCUT2D eigenvalue weighted by atomic mass is 9.78. The van der Waals surface area contributed by atoms with Gasteiger partial charge >= 0.3 is 0 Å². The maximum atomic E-state index is 13.0. The van der Waals surface area contributed by atoms with Crippen LogP contribution in [0, 0.1) is 5.41 Å². The lowest BCUT2D eigenvalue weighted by Crippen LogP contribution is -2.51. The van der Waals surface area contributed by atoms with Crippen LogP contribution in [0.3, 0.4) is 0 Å². The summed E-state index contributed by atoms with van der Waals surface area (Å²) in [5.74, 6) is 0.129. The molecule has 1 aromatic rings. The molecule has 7 heteroatoms.